The maximum Gasteiger partial charge on any atom is 0.319 e. The van der Waals surface area contributed by atoms with E-state index in [1.165, 1.54) is 0 Å². The quantitative estimate of drug-likeness (QED) is 0.334. The summed E-state index contributed by atoms with van der Waals surface area (Å²) >= 11 is 0. The van der Waals surface area contributed by atoms with Crippen LogP contribution < -0.4 is 21.3 Å². The van der Waals surface area contributed by atoms with E-state index in [1.807, 2.05) is 40.7 Å². The van der Waals surface area contributed by atoms with Crippen molar-refractivity contribution in [3.63, 3.8) is 0 Å². The van der Waals surface area contributed by atoms with E-state index in [0.29, 0.717) is 37.3 Å². The van der Waals surface area contributed by atoms with Gasteiger partial charge in [-0.05, 0) is 62.1 Å². The third kappa shape index (κ3) is 11.0. The second-order valence-corrected chi connectivity index (χ2v) is 10.1. The van der Waals surface area contributed by atoms with Crippen molar-refractivity contribution in [2.45, 2.75) is 73.5 Å². The first-order valence-electron chi connectivity index (χ1n) is 10.8. The van der Waals surface area contributed by atoms with Crippen LogP contribution in [0.1, 0.15) is 59.9 Å². The molecule has 0 aliphatic carbocycles. The summed E-state index contributed by atoms with van der Waals surface area (Å²) in [5, 5.41) is 30.4. The molecule has 0 aromatic heterocycles. The van der Waals surface area contributed by atoms with Gasteiger partial charge >= 0.3 is 12.1 Å². The first kappa shape index (κ1) is 26.7. The van der Waals surface area contributed by atoms with Gasteiger partial charge in [-0.1, -0.05) is 33.8 Å². The van der Waals surface area contributed by atoms with Gasteiger partial charge < -0.3 is 31.5 Å². The van der Waals surface area contributed by atoms with Crippen LogP contribution in [0.3, 0.4) is 0 Å². The minimum atomic E-state index is -0.436. The van der Waals surface area contributed by atoms with Gasteiger partial charge in [0.15, 0.2) is 0 Å². The Morgan fingerprint density at radius 2 is 1.32 bits per heavy atom. The molecule has 0 unspecified atom stereocenters. The van der Waals surface area contributed by atoms with Crippen LogP contribution in [-0.2, 0) is 0 Å². The summed E-state index contributed by atoms with van der Waals surface area (Å²) in [4.78, 5) is 24.6. The van der Waals surface area contributed by atoms with Crippen molar-refractivity contribution in [3.8, 4) is 0 Å². The van der Waals surface area contributed by atoms with Crippen molar-refractivity contribution in [1.29, 1.82) is 0 Å². The number of aliphatic hydroxyl groups is 2. The molecule has 0 saturated carbocycles. The van der Waals surface area contributed by atoms with Crippen LogP contribution in [0, 0.1) is 17.8 Å². The smallest absolute Gasteiger partial charge is 0.319 e. The van der Waals surface area contributed by atoms with E-state index in [1.54, 1.807) is 26.0 Å². The van der Waals surface area contributed by atoms with Gasteiger partial charge in [0.25, 0.3) is 0 Å². The lowest BCUT2D eigenvalue weighted by molar-refractivity contribution is 0.129. The number of carbonyl (C=O) groups excluding carboxylic acids is 2. The number of carbonyl (C=O) groups is 2. The van der Waals surface area contributed by atoms with E-state index < -0.39 is 12.2 Å². The Morgan fingerprint density at radius 3 is 1.77 bits per heavy atom. The van der Waals surface area contributed by atoms with Crippen LogP contribution in [0.15, 0.2) is 18.2 Å². The van der Waals surface area contributed by atoms with Crippen LogP contribution in [0.2, 0.25) is 0 Å². The lowest BCUT2D eigenvalue weighted by atomic mass is 9.87. The van der Waals surface area contributed by atoms with Gasteiger partial charge in [-0.2, -0.15) is 0 Å². The third-order valence-corrected chi connectivity index (χ3v) is 4.89. The zero-order valence-electron chi connectivity index (χ0n) is 19.9. The zero-order chi connectivity index (χ0) is 23.8. The lowest BCUT2D eigenvalue weighted by Crippen LogP contribution is -2.38. The Kier molecular flexibility index (Phi) is 9.77. The molecule has 0 spiro atoms. The normalized spacial score (nSPS) is 13.8. The van der Waals surface area contributed by atoms with E-state index >= 15 is 0 Å². The fourth-order valence-electron chi connectivity index (χ4n) is 3.56. The standard InChI is InChI=1S/C23H40N4O4/c1-15-8-9-18(26-20(30)24-13-22(4,5)11-16(2)28)10-19(15)27-21(31)25-14-23(6,7)12-17(3)29/h8-10,16-17,28-29H,11-14H2,1-7H3,(H2,24,26,30)(H2,25,27,31)/t16-,17+/m0/s1. The Morgan fingerprint density at radius 1 is 0.871 bits per heavy atom. The maximum atomic E-state index is 12.3. The van der Waals surface area contributed by atoms with Gasteiger partial charge in [0.2, 0.25) is 0 Å². The van der Waals surface area contributed by atoms with Crippen LogP contribution in [-0.4, -0.2) is 47.6 Å². The Labute approximate surface area is 186 Å². The largest absolute Gasteiger partial charge is 0.393 e. The van der Waals surface area contributed by atoms with Crippen molar-refractivity contribution in [1.82, 2.24) is 10.6 Å². The molecule has 176 valence electrons. The number of amides is 4. The number of benzene rings is 1. The van der Waals surface area contributed by atoms with E-state index in [2.05, 4.69) is 21.3 Å². The molecule has 0 heterocycles. The summed E-state index contributed by atoms with van der Waals surface area (Å²) in [5.74, 6) is 0. The minimum absolute atomic E-state index is 0.231. The molecule has 4 amide bonds. The summed E-state index contributed by atoms with van der Waals surface area (Å²) in [6, 6.07) is 4.60. The predicted molar refractivity (Wildman–Crippen MR) is 125 cm³/mol. The molecular formula is C23H40N4O4. The van der Waals surface area contributed by atoms with Crippen molar-refractivity contribution in [2.24, 2.45) is 10.8 Å². The Balaban J connectivity index is 2.64. The predicted octanol–water partition coefficient (Wildman–Crippen LogP) is 3.83. The molecule has 0 bridgehead atoms. The topological polar surface area (TPSA) is 123 Å². The molecule has 0 radical (unpaired) electrons. The fourth-order valence-corrected chi connectivity index (χ4v) is 3.56. The van der Waals surface area contributed by atoms with Crippen molar-refractivity contribution >= 4 is 23.4 Å². The molecule has 1 aromatic rings. The number of hydrogen-bond donors (Lipinski definition) is 6. The number of hydrogen-bond acceptors (Lipinski definition) is 4. The molecule has 0 aliphatic heterocycles. The van der Waals surface area contributed by atoms with E-state index in [9.17, 15) is 19.8 Å². The van der Waals surface area contributed by atoms with Gasteiger partial charge in [-0.15, -0.1) is 0 Å². The SMILES string of the molecule is Cc1ccc(NC(=O)NCC(C)(C)C[C@H](C)O)cc1NC(=O)NCC(C)(C)C[C@@H](C)O. The minimum Gasteiger partial charge on any atom is -0.393 e. The number of aliphatic hydroxyl groups excluding tert-OH is 2. The summed E-state index contributed by atoms with van der Waals surface area (Å²) in [6.45, 7) is 14.1. The van der Waals surface area contributed by atoms with Crippen LogP contribution in [0.25, 0.3) is 0 Å². The number of aryl methyl sites for hydroxylation is 1. The van der Waals surface area contributed by atoms with E-state index in [4.69, 9.17) is 0 Å². The molecule has 0 fully saturated rings. The highest BCUT2D eigenvalue weighted by Crippen LogP contribution is 2.23. The molecule has 0 aliphatic rings. The van der Waals surface area contributed by atoms with Crippen molar-refractivity contribution in [3.05, 3.63) is 23.8 Å². The fraction of sp³-hybridized carbons (Fsp3) is 0.652. The van der Waals surface area contributed by atoms with Crippen LogP contribution >= 0.6 is 0 Å². The number of rotatable bonds is 10. The monoisotopic (exact) mass is 436 g/mol. The first-order chi connectivity index (χ1) is 14.2. The second-order valence-electron chi connectivity index (χ2n) is 10.1. The maximum absolute atomic E-state index is 12.3. The second kappa shape index (κ2) is 11.3. The molecule has 31 heavy (non-hydrogen) atoms. The molecule has 0 saturated heterocycles. The highest BCUT2D eigenvalue weighted by atomic mass is 16.3. The third-order valence-electron chi connectivity index (χ3n) is 4.89. The van der Waals surface area contributed by atoms with Crippen LogP contribution in [0.5, 0.6) is 0 Å². The molecular weight excluding hydrogens is 396 g/mol. The average Bonchev–Trinajstić information content (AvgIpc) is 2.59. The summed E-state index contributed by atoms with van der Waals surface area (Å²) < 4.78 is 0. The van der Waals surface area contributed by atoms with Gasteiger partial charge in [0.05, 0.1) is 12.2 Å². The molecule has 1 rings (SSSR count). The summed E-state index contributed by atoms with van der Waals surface area (Å²) in [7, 11) is 0. The van der Waals surface area contributed by atoms with E-state index in [0.717, 1.165) is 5.56 Å². The summed E-state index contributed by atoms with van der Waals surface area (Å²) in [5.41, 5.74) is 1.55. The van der Waals surface area contributed by atoms with Crippen molar-refractivity contribution < 1.29 is 19.8 Å². The highest BCUT2D eigenvalue weighted by molar-refractivity contribution is 5.93. The van der Waals surface area contributed by atoms with E-state index in [-0.39, 0.29) is 22.9 Å². The lowest BCUT2D eigenvalue weighted by Gasteiger charge is -2.26. The van der Waals surface area contributed by atoms with Gasteiger partial charge in [-0.3, -0.25) is 0 Å². The molecule has 8 heteroatoms. The summed E-state index contributed by atoms with van der Waals surface area (Å²) in [6.07, 6.45) is 0.284. The zero-order valence-corrected chi connectivity index (χ0v) is 19.9. The number of urea groups is 2. The van der Waals surface area contributed by atoms with Crippen LogP contribution in [0.4, 0.5) is 21.0 Å². The molecule has 6 N–H and O–H groups in total. The van der Waals surface area contributed by atoms with Gasteiger partial charge in [0, 0.05) is 24.5 Å². The molecule has 2 atom stereocenters. The first-order valence-corrected chi connectivity index (χ1v) is 10.8. The van der Waals surface area contributed by atoms with Gasteiger partial charge in [0.1, 0.15) is 0 Å². The highest BCUT2D eigenvalue weighted by Gasteiger charge is 2.22. The Hall–Kier alpha value is -2.32. The molecule has 1 aromatic carbocycles. The van der Waals surface area contributed by atoms with Gasteiger partial charge in [-0.25, -0.2) is 9.59 Å². The van der Waals surface area contributed by atoms with Crippen molar-refractivity contribution in [2.75, 3.05) is 23.7 Å². The average molecular weight is 437 g/mol. The number of anilines is 2. The Bertz CT molecular complexity index is 745. The number of nitrogens with one attached hydrogen (secondary N) is 4. The molecule has 8 nitrogen and oxygen atoms in total.